The SMILES string of the molecule is CCN(CCC(C#N)NC(C)C)C1CCCCC1. The molecule has 0 aromatic heterocycles. The van der Waals surface area contributed by atoms with Crippen molar-refractivity contribution in [1.29, 1.82) is 5.26 Å². The van der Waals surface area contributed by atoms with E-state index in [2.05, 4.69) is 37.1 Å². The van der Waals surface area contributed by atoms with E-state index in [0.717, 1.165) is 25.6 Å². The van der Waals surface area contributed by atoms with Crippen molar-refractivity contribution in [2.75, 3.05) is 13.1 Å². The van der Waals surface area contributed by atoms with Crippen LogP contribution in [0.25, 0.3) is 0 Å². The van der Waals surface area contributed by atoms with Crippen LogP contribution >= 0.6 is 0 Å². The van der Waals surface area contributed by atoms with Crippen LogP contribution in [0.4, 0.5) is 0 Å². The number of nitrogens with one attached hydrogen (secondary N) is 1. The minimum Gasteiger partial charge on any atom is -0.301 e. The molecule has 0 heterocycles. The maximum Gasteiger partial charge on any atom is 0.0967 e. The summed E-state index contributed by atoms with van der Waals surface area (Å²) in [6, 6.07) is 3.53. The lowest BCUT2D eigenvalue weighted by molar-refractivity contribution is 0.158. The molecule has 1 N–H and O–H groups in total. The van der Waals surface area contributed by atoms with E-state index in [-0.39, 0.29) is 6.04 Å². The van der Waals surface area contributed by atoms with Crippen molar-refractivity contribution >= 4 is 0 Å². The van der Waals surface area contributed by atoms with Gasteiger partial charge < -0.3 is 4.90 Å². The molecule has 1 saturated carbocycles. The van der Waals surface area contributed by atoms with Gasteiger partial charge in [-0.25, -0.2) is 0 Å². The van der Waals surface area contributed by atoms with Gasteiger partial charge in [0.1, 0.15) is 0 Å². The average Bonchev–Trinajstić information content (AvgIpc) is 2.39. The molecule has 0 aromatic carbocycles. The van der Waals surface area contributed by atoms with Crippen LogP contribution in [-0.2, 0) is 0 Å². The second-order valence-corrected chi connectivity index (χ2v) is 5.71. The van der Waals surface area contributed by atoms with E-state index in [1.54, 1.807) is 0 Å². The Morgan fingerprint density at radius 2 is 1.94 bits per heavy atom. The molecule has 1 aliphatic carbocycles. The molecular formula is C15H29N3. The normalized spacial score (nSPS) is 19.1. The van der Waals surface area contributed by atoms with Gasteiger partial charge in [0, 0.05) is 18.6 Å². The van der Waals surface area contributed by atoms with Gasteiger partial charge in [-0.2, -0.15) is 5.26 Å². The van der Waals surface area contributed by atoms with Gasteiger partial charge in [0.2, 0.25) is 0 Å². The maximum atomic E-state index is 9.14. The van der Waals surface area contributed by atoms with Crippen LogP contribution in [0, 0.1) is 11.3 Å². The van der Waals surface area contributed by atoms with Crippen LogP contribution in [0.15, 0.2) is 0 Å². The van der Waals surface area contributed by atoms with Crippen molar-refractivity contribution in [3.63, 3.8) is 0 Å². The predicted octanol–water partition coefficient (Wildman–Crippen LogP) is 2.92. The van der Waals surface area contributed by atoms with Crippen LogP contribution in [0.2, 0.25) is 0 Å². The third kappa shape index (κ3) is 5.37. The number of nitrogens with zero attached hydrogens (tertiary/aromatic N) is 2. The Morgan fingerprint density at radius 3 is 2.44 bits per heavy atom. The second-order valence-electron chi connectivity index (χ2n) is 5.71. The molecule has 0 spiro atoms. The van der Waals surface area contributed by atoms with E-state index in [1.165, 1.54) is 32.1 Å². The van der Waals surface area contributed by atoms with Gasteiger partial charge in [0.05, 0.1) is 12.1 Å². The first kappa shape index (κ1) is 15.5. The Morgan fingerprint density at radius 1 is 1.28 bits per heavy atom. The molecule has 1 unspecified atom stereocenters. The first-order valence-electron chi connectivity index (χ1n) is 7.57. The molecule has 0 radical (unpaired) electrons. The van der Waals surface area contributed by atoms with Crippen LogP contribution in [-0.4, -0.2) is 36.1 Å². The van der Waals surface area contributed by atoms with Crippen molar-refractivity contribution < 1.29 is 0 Å². The quantitative estimate of drug-likeness (QED) is 0.756. The zero-order valence-corrected chi connectivity index (χ0v) is 12.3. The van der Waals surface area contributed by atoms with Gasteiger partial charge in [0.15, 0.2) is 0 Å². The summed E-state index contributed by atoms with van der Waals surface area (Å²) in [6.45, 7) is 8.61. The standard InChI is InChI=1S/C15H29N3/c1-4-18(15-8-6-5-7-9-15)11-10-14(12-16)17-13(2)3/h13-15,17H,4-11H2,1-3H3. The van der Waals surface area contributed by atoms with Gasteiger partial charge in [0.25, 0.3) is 0 Å². The van der Waals surface area contributed by atoms with Crippen LogP contribution in [0.5, 0.6) is 0 Å². The van der Waals surface area contributed by atoms with E-state index in [4.69, 9.17) is 5.26 Å². The van der Waals surface area contributed by atoms with Crippen molar-refractivity contribution in [2.24, 2.45) is 0 Å². The molecule has 0 amide bonds. The number of hydrogen-bond acceptors (Lipinski definition) is 3. The fourth-order valence-corrected chi connectivity index (χ4v) is 2.93. The Balaban J connectivity index is 2.35. The minimum atomic E-state index is 0.00244. The largest absolute Gasteiger partial charge is 0.301 e. The lowest BCUT2D eigenvalue weighted by atomic mass is 9.94. The highest BCUT2D eigenvalue weighted by Gasteiger charge is 2.20. The molecule has 0 aliphatic heterocycles. The zero-order chi connectivity index (χ0) is 13.4. The first-order chi connectivity index (χ1) is 8.67. The summed E-state index contributed by atoms with van der Waals surface area (Å²) >= 11 is 0. The highest BCUT2D eigenvalue weighted by atomic mass is 15.1. The van der Waals surface area contributed by atoms with Gasteiger partial charge >= 0.3 is 0 Å². The summed E-state index contributed by atoms with van der Waals surface area (Å²) in [6.07, 6.45) is 7.81. The summed E-state index contributed by atoms with van der Waals surface area (Å²) < 4.78 is 0. The molecule has 1 aliphatic rings. The molecule has 3 heteroatoms. The number of nitriles is 1. The van der Waals surface area contributed by atoms with E-state index < -0.39 is 0 Å². The Hall–Kier alpha value is -0.590. The average molecular weight is 251 g/mol. The van der Waals surface area contributed by atoms with Crippen LogP contribution in [0.3, 0.4) is 0 Å². The van der Waals surface area contributed by atoms with E-state index >= 15 is 0 Å². The smallest absolute Gasteiger partial charge is 0.0967 e. The third-order valence-electron chi connectivity index (χ3n) is 3.89. The molecule has 0 aromatic rings. The molecule has 104 valence electrons. The highest BCUT2D eigenvalue weighted by molar-refractivity contribution is 4.91. The summed E-state index contributed by atoms with van der Waals surface area (Å²) in [5, 5.41) is 12.5. The molecule has 1 fully saturated rings. The zero-order valence-electron chi connectivity index (χ0n) is 12.3. The van der Waals surface area contributed by atoms with E-state index in [0.29, 0.717) is 6.04 Å². The monoisotopic (exact) mass is 251 g/mol. The highest BCUT2D eigenvalue weighted by Crippen LogP contribution is 2.22. The van der Waals surface area contributed by atoms with Crippen molar-refractivity contribution in [2.45, 2.75) is 77.4 Å². The fourth-order valence-electron chi connectivity index (χ4n) is 2.93. The molecule has 0 saturated heterocycles. The molecule has 1 atom stereocenters. The maximum absolute atomic E-state index is 9.14. The molecule has 18 heavy (non-hydrogen) atoms. The lowest BCUT2D eigenvalue weighted by Crippen LogP contribution is -2.41. The predicted molar refractivity (Wildman–Crippen MR) is 76.4 cm³/mol. The topological polar surface area (TPSA) is 39.1 Å². The molecule has 1 rings (SSSR count). The fraction of sp³-hybridized carbons (Fsp3) is 0.933. The third-order valence-corrected chi connectivity index (χ3v) is 3.89. The Labute approximate surface area is 113 Å². The summed E-state index contributed by atoms with van der Waals surface area (Å²) in [5.41, 5.74) is 0. The summed E-state index contributed by atoms with van der Waals surface area (Å²) in [4.78, 5) is 2.57. The summed E-state index contributed by atoms with van der Waals surface area (Å²) in [5.74, 6) is 0. The molecular weight excluding hydrogens is 222 g/mol. The van der Waals surface area contributed by atoms with Gasteiger partial charge in [-0.15, -0.1) is 0 Å². The van der Waals surface area contributed by atoms with Gasteiger partial charge in [-0.05, 0) is 39.7 Å². The van der Waals surface area contributed by atoms with Gasteiger partial charge in [-0.3, -0.25) is 5.32 Å². The minimum absolute atomic E-state index is 0.00244. The van der Waals surface area contributed by atoms with Crippen molar-refractivity contribution in [3.8, 4) is 6.07 Å². The van der Waals surface area contributed by atoms with Crippen LogP contribution in [0.1, 0.15) is 59.3 Å². The second kappa shape index (κ2) is 8.50. The lowest BCUT2D eigenvalue weighted by Gasteiger charge is -2.34. The van der Waals surface area contributed by atoms with Crippen molar-refractivity contribution in [1.82, 2.24) is 10.2 Å². The number of rotatable bonds is 7. The van der Waals surface area contributed by atoms with Gasteiger partial charge in [-0.1, -0.05) is 26.2 Å². The number of hydrogen-bond donors (Lipinski definition) is 1. The molecule has 0 bridgehead atoms. The molecule has 3 nitrogen and oxygen atoms in total. The Kier molecular flexibility index (Phi) is 7.31. The van der Waals surface area contributed by atoms with E-state index in [1.807, 2.05) is 0 Å². The van der Waals surface area contributed by atoms with Crippen molar-refractivity contribution in [3.05, 3.63) is 0 Å². The first-order valence-corrected chi connectivity index (χ1v) is 7.57. The van der Waals surface area contributed by atoms with E-state index in [9.17, 15) is 0 Å². The van der Waals surface area contributed by atoms with Crippen LogP contribution < -0.4 is 5.32 Å². The Bertz CT molecular complexity index is 251. The summed E-state index contributed by atoms with van der Waals surface area (Å²) in [7, 11) is 0.